The van der Waals surface area contributed by atoms with E-state index in [4.69, 9.17) is 9.84 Å². The molecule has 0 amide bonds. The molecular weight excluding hydrogens is 264 g/mol. The molecule has 1 aromatic rings. The van der Waals surface area contributed by atoms with Crippen LogP contribution >= 0.6 is 0 Å². The molecule has 0 unspecified atom stereocenters. The zero-order valence-electron chi connectivity index (χ0n) is 11.1. The second-order valence-corrected chi connectivity index (χ2v) is 4.79. The first-order valence-electron chi connectivity index (χ1n) is 6.28. The van der Waals surface area contributed by atoms with Crippen LogP contribution in [0.5, 0.6) is 5.75 Å². The predicted molar refractivity (Wildman–Crippen MR) is 70.7 cm³/mol. The maximum absolute atomic E-state index is 11.0. The van der Waals surface area contributed by atoms with Crippen LogP contribution in [0, 0.1) is 10.1 Å². The Kier molecular flexibility index (Phi) is 4.19. The number of nitro benzene ring substituents is 1. The van der Waals surface area contributed by atoms with Crippen LogP contribution in [0.3, 0.4) is 0 Å². The van der Waals surface area contributed by atoms with Crippen molar-refractivity contribution in [3.05, 3.63) is 33.9 Å². The largest absolute Gasteiger partial charge is 0.490 e. The van der Waals surface area contributed by atoms with Gasteiger partial charge < -0.3 is 9.84 Å². The third-order valence-corrected chi connectivity index (χ3v) is 3.23. The fraction of sp³-hybridized carbons (Fsp3) is 0.462. The summed E-state index contributed by atoms with van der Waals surface area (Å²) in [6, 6.07) is 4.98. The Morgan fingerprint density at radius 1 is 1.55 bits per heavy atom. The van der Waals surface area contributed by atoms with Crippen LogP contribution in [-0.4, -0.2) is 40.6 Å². The first kappa shape index (κ1) is 14.3. The normalized spacial score (nSPS) is 14.3. The van der Waals surface area contributed by atoms with Gasteiger partial charge in [0.05, 0.1) is 18.6 Å². The Labute approximate surface area is 115 Å². The molecule has 1 fully saturated rings. The predicted octanol–water partition coefficient (Wildman–Crippen LogP) is 1.65. The van der Waals surface area contributed by atoms with Crippen molar-refractivity contribution in [1.29, 1.82) is 0 Å². The first-order valence-corrected chi connectivity index (χ1v) is 6.28. The topological polar surface area (TPSA) is 92.9 Å². The van der Waals surface area contributed by atoms with E-state index in [-0.39, 0.29) is 24.0 Å². The number of carboxylic acids is 1. The van der Waals surface area contributed by atoms with Gasteiger partial charge in [-0.2, -0.15) is 0 Å². The van der Waals surface area contributed by atoms with E-state index in [1.54, 1.807) is 12.1 Å². The molecule has 1 saturated carbocycles. The van der Waals surface area contributed by atoms with Gasteiger partial charge in [-0.05, 0) is 24.5 Å². The monoisotopic (exact) mass is 280 g/mol. The number of nitrogens with zero attached hydrogens (tertiary/aromatic N) is 2. The Hall–Kier alpha value is -2.15. The summed E-state index contributed by atoms with van der Waals surface area (Å²) in [5, 5.41) is 19.9. The van der Waals surface area contributed by atoms with Gasteiger partial charge in [-0.25, -0.2) is 0 Å². The van der Waals surface area contributed by atoms with Crippen molar-refractivity contribution in [3.8, 4) is 5.75 Å². The summed E-state index contributed by atoms with van der Waals surface area (Å²) >= 11 is 0. The van der Waals surface area contributed by atoms with Crippen LogP contribution in [-0.2, 0) is 11.3 Å². The number of methoxy groups -OCH3 is 1. The van der Waals surface area contributed by atoms with Gasteiger partial charge in [-0.3, -0.25) is 19.8 Å². The van der Waals surface area contributed by atoms with E-state index in [0.29, 0.717) is 12.1 Å². The number of ether oxygens (including phenoxy) is 1. The number of carboxylic acid groups (broad SMARTS) is 1. The van der Waals surface area contributed by atoms with Crippen molar-refractivity contribution in [2.24, 2.45) is 0 Å². The van der Waals surface area contributed by atoms with Crippen molar-refractivity contribution in [2.45, 2.75) is 25.4 Å². The van der Waals surface area contributed by atoms with Crippen LogP contribution < -0.4 is 4.74 Å². The third-order valence-electron chi connectivity index (χ3n) is 3.23. The van der Waals surface area contributed by atoms with Crippen molar-refractivity contribution >= 4 is 11.7 Å². The molecule has 0 bridgehead atoms. The zero-order chi connectivity index (χ0) is 14.7. The van der Waals surface area contributed by atoms with E-state index < -0.39 is 10.9 Å². The molecule has 1 aromatic carbocycles. The molecule has 0 radical (unpaired) electrons. The number of hydrogen-bond donors (Lipinski definition) is 1. The quantitative estimate of drug-likeness (QED) is 0.603. The number of aliphatic carboxylic acids is 1. The van der Waals surface area contributed by atoms with Crippen LogP contribution in [0.25, 0.3) is 0 Å². The minimum atomic E-state index is -0.889. The van der Waals surface area contributed by atoms with E-state index >= 15 is 0 Å². The van der Waals surface area contributed by atoms with Gasteiger partial charge in [0.1, 0.15) is 0 Å². The van der Waals surface area contributed by atoms with Gasteiger partial charge in [-0.1, -0.05) is 6.07 Å². The van der Waals surface area contributed by atoms with Gasteiger partial charge in [0.15, 0.2) is 5.75 Å². The molecule has 1 aliphatic rings. The molecule has 108 valence electrons. The molecule has 7 nitrogen and oxygen atoms in total. The van der Waals surface area contributed by atoms with E-state index in [1.165, 1.54) is 13.2 Å². The van der Waals surface area contributed by atoms with Crippen molar-refractivity contribution in [1.82, 2.24) is 4.90 Å². The van der Waals surface area contributed by atoms with Crippen molar-refractivity contribution < 1.29 is 19.6 Å². The molecule has 0 aromatic heterocycles. The molecule has 0 atom stereocenters. The molecule has 1 aliphatic carbocycles. The van der Waals surface area contributed by atoms with Crippen LogP contribution in [0.2, 0.25) is 0 Å². The number of hydrogen-bond acceptors (Lipinski definition) is 5. The SMILES string of the molecule is COc1ccc(CN(CC(=O)O)C2CC2)cc1[N+](=O)[O-]. The summed E-state index contributed by atoms with van der Waals surface area (Å²) in [4.78, 5) is 23.1. The minimum absolute atomic E-state index is 0.0511. The fourth-order valence-electron chi connectivity index (χ4n) is 2.14. The molecule has 0 saturated heterocycles. The minimum Gasteiger partial charge on any atom is -0.490 e. The van der Waals surface area contributed by atoms with Gasteiger partial charge in [0, 0.05) is 18.7 Å². The molecule has 0 spiro atoms. The summed E-state index contributed by atoms with van der Waals surface area (Å²) in [5.74, 6) is -0.685. The maximum Gasteiger partial charge on any atom is 0.317 e. The highest BCUT2D eigenvalue weighted by Gasteiger charge is 2.30. The lowest BCUT2D eigenvalue weighted by atomic mass is 10.1. The molecule has 20 heavy (non-hydrogen) atoms. The zero-order valence-corrected chi connectivity index (χ0v) is 11.1. The van der Waals surface area contributed by atoms with E-state index in [2.05, 4.69) is 0 Å². The Morgan fingerprint density at radius 2 is 2.25 bits per heavy atom. The van der Waals surface area contributed by atoms with Crippen molar-refractivity contribution in [2.75, 3.05) is 13.7 Å². The van der Waals surface area contributed by atoms with Crippen LogP contribution in [0.4, 0.5) is 5.69 Å². The number of carbonyl (C=O) groups is 1. The van der Waals surface area contributed by atoms with Gasteiger partial charge in [-0.15, -0.1) is 0 Å². The van der Waals surface area contributed by atoms with Gasteiger partial charge >= 0.3 is 11.7 Å². The summed E-state index contributed by atoms with van der Waals surface area (Å²) < 4.78 is 4.94. The number of rotatable bonds is 7. The summed E-state index contributed by atoms with van der Waals surface area (Å²) in [6.45, 7) is 0.340. The molecule has 1 N–H and O–H groups in total. The highest BCUT2D eigenvalue weighted by Crippen LogP contribution is 2.31. The average Bonchev–Trinajstić information content (AvgIpc) is 3.21. The Balaban J connectivity index is 2.17. The van der Waals surface area contributed by atoms with Crippen molar-refractivity contribution in [3.63, 3.8) is 0 Å². The lowest BCUT2D eigenvalue weighted by molar-refractivity contribution is -0.385. The Morgan fingerprint density at radius 3 is 2.75 bits per heavy atom. The molecule has 0 aliphatic heterocycles. The average molecular weight is 280 g/mol. The van der Waals surface area contributed by atoms with E-state index in [1.807, 2.05) is 4.90 Å². The number of nitro groups is 1. The van der Waals surface area contributed by atoms with Crippen LogP contribution in [0.15, 0.2) is 18.2 Å². The third kappa shape index (κ3) is 3.45. The van der Waals surface area contributed by atoms with Gasteiger partial charge in [0.25, 0.3) is 0 Å². The summed E-state index contributed by atoms with van der Waals surface area (Å²) in [7, 11) is 1.38. The highest BCUT2D eigenvalue weighted by molar-refractivity contribution is 5.69. The molecular formula is C13H16N2O5. The second kappa shape index (κ2) is 5.87. The first-order chi connectivity index (χ1) is 9.51. The standard InChI is InChI=1S/C13H16N2O5/c1-20-12-5-2-9(6-11(12)15(18)19)7-14(8-13(16)17)10-3-4-10/h2,5-6,10H,3-4,7-8H2,1H3,(H,16,17). The summed E-state index contributed by atoms with van der Waals surface area (Å²) in [5.41, 5.74) is 0.613. The lowest BCUT2D eigenvalue weighted by Gasteiger charge is -2.19. The molecule has 0 heterocycles. The highest BCUT2D eigenvalue weighted by atomic mass is 16.6. The summed E-state index contributed by atoms with van der Waals surface area (Å²) in [6.07, 6.45) is 1.96. The number of benzene rings is 1. The Bertz CT molecular complexity index is 527. The lowest BCUT2D eigenvalue weighted by Crippen LogP contribution is -2.31. The molecule has 7 heteroatoms. The maximum atomic E-state index is 11.0. The second-order valence-electron chi connectivity index (χ2n) is 4.79. The smallest absolute Gasteiger partial charge is 0.317 e. The van der Waals surface area contributed by atoms with E-state index in [0.717, 1.165) is 12.8 Å². The molecule has 2 rings (SSSR count). The fourth-order valence-corrected chi connectivity index (χ4v) is 2.14. The van der Waals surface area contributed by atoms with E-state index in [9.17, 15) is 14.9 Å². The van der Waals surface area contributed by atoms with Gasteiger partial charge in [0.2, 0.25) is 0 Å². The van der Waals surface area contributed by atoms with Crippen LogP contribution in [0.1, 0.15) is 18.4 Å².